The van der Waals surface area contributed by atoms with Crippen molar-refractivity contribution in [1.82, 2.24) is 4.90 Å². The highest BCUT2D eigenvalue weighted by Gasteiger charge is 2.28. The van der Waals surface area contributed by atoms with Crippen LogP contribution >= 0.6 is 0 Å². The maximum Gasteiger partial charge on any atom is 0.329 e. The van der Waals surface area contributed by atoms with E-state index < -0.39 is 12.1 Å². The SMILES string of the molecule is CCCCC[C@H](O)C=C[C@H]1CCC(=O)N1CCCCOCC(=O)O. The van der Waals surface area contributed by atoms with Gasteiger partial charge in [-0.2, -0.15) is 0 Å². The Kier molecular flexibility index (Phi) is 10.4. The molecule has 0 aromatic carbocycles. The lowest BCUT2D eigenvalue weighted by Gasteiger charge is -2.22. The summed E-state index contributed by atoms with van der Waals surface area (Å²) >= 11 is 0. The van der Waals surface area contributed by atoms with Crippen LogP contribution in [-0.4, -0.2) is 58.9 Å². The molecule has 0 unspecified atom stereocenters. The molecule has 1 amide bonds. The van der Waals surface area contributed by atoms with E-state index in [1.165, 1.54) is 0 Å². The van der Waals surface area contributed by atoms with Crippen molar-refractivity contribution in [2.45, 2.75) is 70.4 Å². The van der Waals surface area contributed by atoms with Crippen LogP contribution in [0, 0.1) is 0 Å². The van der Waals surface area contributed by atoms with Gasteiger partial charge >= 0.3 is 5.97 Å². The van der Waals surface area contributed by atoms with E-state index >= 15 is 0 Å². The third-order valence-electron chi connectivity index (χ3n) is 4.20. The highest BCUT2D eigenvalue weighted by Crippen LogP contribution is 2.21. The van der Waals surface area contributed by atoms with E-state index in [-0.39, 0.29) is 18.6 Å². The zero-order valence-corrected chi connectivity index (χ0v) is 14.7. The standard InChI is InChI=1S/C18H31NO5/c1-2-3-4-7-16(20)10-8-15-9-11-17(21)19(15)12-5-6-13-24-14-18(22)23/h8,10,15-16,20H,2-7,9,11-14H2,1H3,(H,22,23)/t15-,16-/m0/s1. The molecule has 0 saturated carbocycles. The van der Waals surface area contributed by atoms with Crippen LogP contribution in [0.3, 0.4) is 0 Å². The van der Waals surface area contributed by atoms with Gasteiger partial charge in [-0.3, -0.25) is 4.79 Å². The van der Waals surface area contributed by atoms with Gasteiger partial charge in [0.15, 0.2) is 0 Å². The Morgan fingerprint density at radius 1 is 1.38 bits per heavy atom. The Hall–Kier alpha value is -1.40. The number of aliphatic carboxylic acids is 1. The van der Waals surface area contributed by atoms with Crippen LogP contribution in [0.5, 0.6) is 0 Å². The molecule has 6 heteroatoms. The molecule has 1 heterocycles. The Labute approximate surface area is 144 Å². The smallest absolute Gasteiger partial charge is 0.329 e. The third-order valence-corrected chi connectivity index (χ3v) is 4.20. The molecule has 2 N–H and O–H groups in total. The topological polar surface area (TPSA) is 87.1 Å². The summed E-state index contributed by atoms with van der Waals surface area (Å²) in [5.74, 6) is -0.816. The molecule has 1 saturated heterocycles. The number of carbonyl (C=O) groups is 2. The van der Waals surface area contributed by atoms with Gasteiger partial charge in [-0.15, -0.1) is 0 Å². The molecule has 0 aromatic rings. The van der Waals surface area contributed by atoms with Crippen LogP contribution < -0.4 is 0 Å². The number of carbonyl (C=O) groups excluding carboxylic acids is 1. The fourth-order valence-corrected chi connectivity index (χ4v) is 2.85. The lowest BCUT2D eigenvalue weighted by molar-refractivity contribution is -0.142. The number of nitrogens with zero attached hydrogens (tertiary/aromatic N) is 1. The predicted molar refractivity (Wildman–Crippen MR) is 91.7 cm³/mol. The first-order chi connectivity index (χ1) is 11.5. The zero-order valence-electron chi connectivity index (χ0n) is 14.7. The molecule has 0 spiro atoms. The first-order valence-electron chi connectivity index (χ1n) is 9.00. The van der Waals surface area contributed by atoms with Crippen LogP contribution in [0.15, 0.2) is 12.2 Å². The molecule has 1 aliphatic rings. The van der Waals surface area contributed by atoms with Crippen LogP contribution in [0.4, 0.5) is 0 Å². The third kappa shape index (κ3) is 8.45. The molecule has 0 radical (unpaired) electrons. The van der Waals surface area contributed by atoms with Crippen LogP contribution in [0.1, 0.15) is 58.3 Å². The van der Waals surface area contributed by atoms with Crippen molar-refractivity contribution >= 4 is 11.9 Å². The summed E-state index contributed by atoms with van der Waals surface area (Å²) < 4.78 is 4.99. The summed E-state index contributed by atoms with van der Waals surface area (Å²) in [6.45, 7) is 2.90. The second kappa shape index (κ2) is 12.0. The highest BCUT2D eigenvalue weighted by atomic mass is 16.5. The summed E-state index contributed by atoms with van der Waals surface area (Å²) in [6, 6.07) is 0.0678. The number of hydrogen-bond donors (Lipinski definition) is 2. The second-order valence-electron chi connectivity index (χ2n) is 6.29. The highest BCUT2D eigenvalue weighted by molar-refractivity contribution is 5.79. The fraction of sp³-hybridized carbons (Fsp3) is 0.778. The van der Waals surface area contributed by atoms with Crippen LogP contribution in [0.2, 0.25) is 0 Å². The summed E-state index contributed by atoms with van der Waals surface area (Å²) in [6.07, 6.45) is 10.3. The Balaban J connectivity index is 2.28. The van der Waals surface area contributed by atoms with Crippen molar-refractivity contribution in [3.63, 3.8) is 0 Å². The number of carboxylic acid groups (broad SMARTS) is 1. The van der Waals surface area contributed by atoms with Crippen molar-refractivity contribution in [1.29, 1.82) is 0 Å². The molecule has 1 fully saturated rings. The summed E-state index contributed by atoms with van der Waals surface area (Å²) in [4.78, 5) is 24.2. The molecule has 138 valence electrons. The van der Waals surface area contributed by atoms with E-state index in [9.17, 15) is 14.7 Å². The predicted octanol–water partition coefficient (Wildman–Crippen LogP) is 2.36. The molecule has 1 aliphatic heterocycles. The van der Waals surface area contributed by atoms with Gasteiger partial charge in [0, 0.05) is 19.6 Å². The van der Waals surface area contributed by atoms with Crippen molar-refractivity contribution in [3.8, 4) is 0 Å². The molecule has 6 nitrogen and oxygen atoms in total. The lowest BCUT2D eigenvalue weighted by Crippen LogP contribution is -2.33. The Morgan fingerprint density at radius 3 is 2.88 bits per heavy atom. The fourth-order valence-electron chi connectivity index (χ4n) is 2.85. The minimum atomic E-state index is -0.965. The average molecular weight is 341 g/mol. The molecule has 0 aromatic heterocycles. The number of unbranched alkanes of at least 4 members (excludes halogenated alkanes) is 3. The molecule has 0 bridgehead atoms. The quantitative estimate of drug-likeness (QED) is 0.397. The molecule has 24 heavy (non-hydrogen) atoms. The van der Waals surface area contributed by atoms with E-state index in [1.54, 1.807) is 0 Å². The number of rotatable bonds is 13. The summed E-state index contributed by atoms with van der Waals surface area (Å²) in [5.41, 5.74) is 0. The van der Waals surface area contributed by atoms with E-state index in [1.807, 2.05) is 17.1 Å². The van der Waals surface area contributed by atoms with Gasteiger partial charge in [0.2, 0.25) is 5.91 Å². The van der Waals surface area contributed by atoms with Crippen molar-refractivity contribution in [2.24, 2.45) is 0 Å². The molecule has 2 atom stereocenters. The van der Waals surface area contributed by atoms with Gasteiger partial charge in [-0.1, -0.05) is 38.3 Å². The van der Waals surface area contributed by atoms with Crippen LogP contribution in [-0.2, 0) is 14.3 Å². The Morgan fingerprint density at radius 2 is 2.17 bits per heavy atom. The van der Waals surface area contributed by atoms with Crippen molar-refractivity contribution in [3.05, 3.63) is 12.2 Å². The summed E-state index contributed by atoms with van der Waals surface area (Å²) in [5, 5.41) is 18.4. The largest absolute Gasteiger partial charge is 0.480 e. The number of amides is 1. The lowest BCUT2D eigenvalue weighted by atomic mass is 10.1. The van der Waals surface area contributed by atoms with E-state index in [4.69, 9.17) is 9.84 Å². The van der Waals surface area contributed by atoms with Gasteiger partial charge in [0.1, 0.15) is 6.61 Å². The molecular weight excluding hydrogens is 310 g/mol. The first kappa shape index (κ1) is 20.6. The second-order valence-corrected chi connectivity index (χ2v) is 6.29. The van der Waals surface area contributed by atoms with Gasteiger partial charge < -0.3 is 19.8 Å². The van der Waals surface area contributed by atoms with Crippen LogP contribution in [0.25, 0.3) is 0 Å². The monoisotopic (exact) mass is 341 g/mol. The average Bonchev–Trinajstić information content (AvgIpc) is 2.89. The number of aliphatic hydroxyl groups is 1. The zero-order chi connectivity index (χ0) is 17.8. The van der Waals surface area contributed by atoms with Crippen molar-refractivity contribution < 1.29 is 24.5 Å². The maximum absolute atomic E-state index is 12.0. The number of likely N-dealkylation sites (tertiary alicyclic amines) is 1. The number of carboxylic acids is 1. The van der Waals surface area contributed by atoms with Gasteiger partial charge in [0.25, 0.3) is 0 Å². The number of hydrogen-bond acceptors (Lipinski definition) is 4. The minimum Gasteiger partial charge on any atom is -0.480 e. The van der Waals surface area contributed by atoms with E-state index in [0.29, 0.717) is 19.6 Å². The minimum absolute atomic E-state index is 0.0678. The van der Waals surface area contributed by atoms with Gasteiger partial charge in [0.05, 0.1) is 12.1 Å². The Bertz CT molecular complexity index is 410. The number of ether oxygens (including phenoxy) is 1. The van der Waals surface area contributed by atoms with Gasteiger partial charge in [-0.25, -0.2) is 4.79 Å². The summed E-state index contributed by atoms with van der Waals surface area (Å²) in [7, 11) is 0. The molecule has 1 rings (SSSR count). The normalized spacial score (nSPS) is 19.3. The van der Waals surface area contributed by atoms with Crippen molar-refractivity contribution in [2.75, 3.05) is 19.8 Å². The van der Waals surface area contributed by atoms with E-state index in [0.717, 1.165) is 44.9 Å². The van der Waals surface area contributed by atoms with E-state index in [2.05, 4.69) is 6.92 Å². The first-order valence-corrected chi connectivity index (χ1v) is 9.00. The van der Waals surface area contributed by atoms with Gasteiger partial charge in [-0.05, 0) is 25.7 Å². The maximum atomic E-state index is 12.0. The molecular formula is C18H31NO5. The number of aliphatic hydroxyl groups excluding tert-OH is 1. The molecule has 0 aliphatic carbocycles.